The fourth-order valence-corrected chi connectivity index (χ4v) is 4.95. The molecule has 0 radical (unpaired) electrons. The Morgan fingerprint density at radius 2 is 2.00 bits per heavy atom. The molecule has 4 heterocycles. The number of hydrogen-bond acceptors (Lipinski definition) is 12. The lowest BCUT2D eigenvalue weighted by atomic mass is 9.98. The first-order chi connectivity index (χ1) is 18.7. The molecule has 0 aliphatic carbocycles. The predicted molar refractivity (Wildman–Crippen MR) is 137 cm³/mol. The van der Waals surface area contributed by atoms with E-state index in [1.165, 1.54) is 30.1 Å². The van der Waals surface area contributed by atoms with E-state index in [-0.39, 0.29) is 21.7 Å². The maximum Gasteiger partial charge on any atom is 0.362 e. The second-order valence-electron chi connectivity index (χ2n) is 9.13. The van der Waals surface area contributed by atoms with Crippen molar-refractivity contribution in [3.63, 3.8) is 0 Å². The summed E-state index contributed by atoms with van der Waals surface area (Å²) < 4.78 is 36.8. The standard InChI is InChI=1S/C21H23N9O8S2/c1-21(2,19(33)34)38-26-15(13-10-39-20(22)23-13)17(31)24-16-14(30(18(16)32)40(35,36)37)9-29-8-12(25-27-29)11-4-6-28(3)7-5-11/h4-8,10,14,16H,9H2,1-3H3,(H4-,22,23,24,31,33,34,35,36,37)/p+1/t14-,16+/m1/s1. The summed E-state index contributed by atoms with van der Waals surface area (Å²) in [7, 11) is -3.15. The highest BCUT2D eigenvalue weighted by Crippen LogP contribution is 2.26. The van der Waals surface area contributed by atoms with Gasteiger partial charge >= 0.3 is 16.3 Å². The average Bonchev–Trinajstić information content (AvgIpc) is 3.51. The highest BCUT2D eigenvalue weighted by molar-refractivity contribution is 7.84. The number of hydrogen-bond donors (Lipinski definition) is 4. The second kappa shape index (κ2) is 10.6. The normalized spacial score (nSPS) is 17.9. The van der Waals surface area contributed by atoms with E-state index in [4.69, 9.17) is 10.6 Å². The molecule has 0 spiro atoms. The van der Waals surface area contributed by atoms with Crippen molar-refractivity contribution in [2.45, 2.75) is 38.1 Å². The van der Waals surface area contributed by atoms with E-state index in [0.717, 1.165) is 16.9 Å². The molecule has 17 nitrogen and oxygen atoms in total. The van der Waals surface area contributed by atoms with Gasteiger partial charge in [-0.2, -0.15) is 8.42 Å². The highest BCUT2D eigenvalue weighted by Gasteiger charge is 2.54. The van der Waals surface area contributed by atoms with Crippen LogP contribution in [-0.2, 0) is 43.1 Å². The van der Waals surface area contributed by atoms with Gasteiger partial charge in [-0.25, -0.2) is 23.3 Å². The second-order valence-corrected chi connectivity index (χ2v) is 11.3. The van der Waals surface area contributed by atoms with Crippen LogP contribution >= 0.6 is 11.3 Å². The van der Waals surface area contributed by atoms with E-state index in [1.807, 2.05) is 11.6 Å². The molecule has 1 aliphatic rings. The Labute approximate surface area is 230 Å². The lowest BCUT2D eigenvalue weighted by molar-refractivity contribution is -0.671. The number of aliphatic carboxylic acids is 1. The van der Waals surface area contributed by atoms with Crippen molar-refractivity contribution in [1.82, 2.24) is 29.6 Å². The van der Waals surface area contributed by atoms with Gasteiger partial charge in [0.05, 0.1) is 18.8 Å². The quantitative estimate of drug-likeness (QED) is 0.0696. The number of carbonyl (C=O) groups excluding carboxylic acids is 2. The molecule has 2 amide bonds. The van der Waals surface area contributed by atoms with Gasteiger partial charge in [0.15, 0.2) is 23.2 Å². The summed E-state index contributed by atoms with van der Waals surface area (Å²) in [6.07, 6.45) is 5.09. The number of nitrogen functional groups attached to an aromatic ring is 1. The molecule has 212 valence electrons. The molecule has 2 atom stereocenters. The van der Waals surface area contributed by atoms with Crippen LogP contribution in [0.1, 0.15) is 19.5 Å². The van der Waals surface area contributed by atoms with Crippen LogP contribution in [0.25, 0.3) is 11.3 Å². The summed E-state index contributed by atoms with van der Waals surface area (Å²) >= 11 is 0.963. The number of rotatable bonds is 10. The Hall–Kier alpha value is -4.49. The third-order valence-corrected chi connectivity index (χ3v) is 7.37. The van der Waals surface area contributed by atoms with Crippen molar-refractivity contribution in [3.8, 4) is 11.3 Å². The van der Waals surface area contributed by atoms with Gasteiger partial charge in [0.1, 0.15) is 24.5 Å². The smallest absolute Gasteiger partial charge is 0.362 e. The Morgan fingerprint density at radius 3 is 2.58 bits per heavy atom. The van der Waals surface area contributed by atoms with Gasteiger partial charge in [-0.3, -0.25) is 14.1 Å². The van der Waals surface area contributed by atoms with Gasteiger partial charge in [-0.05, 0) is 13.8 Å². The first-order valence-electron chi connectivity index (χ1n) is 11.4. The van der Waals surface area contributed by atoms with E-state index in [1.54, 1.807) is 24.5 Å². The number of carboxylic acid groups (broad SMARTS) is 1. The molecule has 5 N–H and O–H groups in total. The van der Waals surface area contributed by atoms with E-state index in [9.17, 15) is 32.5 Å². The largest absolute Gasteiger partial charge is 0.478 e. The highest BCUT2D eigenvalue weighted by atomic mass is 32.2. The Bertz CT molecular complexity index is 1600. The maximum atomic E-state index is 13.2. The summed E-state index contributed by atoms with van der Waals surface area (Å²) in [6, 6.07) is 0.822. The van der Waals surface area contributed by atoms with Gasteiger partial charge in [0.2, 0.25) is 5.60 Å². The fourth-order valence-electron chi connectivity index (χ4n) is 3.53. The summed E-state index contributed by atoms with van der Waals surface area (Å²) in [6.45, 7) is 2.12. The molecule has 0 aromatic carbocycles. The molecule has 19 heteroatoms. The van der Waals surface area contributed by atoms with Crippen molar-refractivity contribution < 1.29 is 41.9 Å². The van der Waals surface area contributed by atoms with E-state index in [2.05, 4.69) is 25.8 Å². The third kappa shape index (κ3) is 5.90. The Balaban J connectivity index is 1.59. The zero-order chi connectivity index (χ0) is 29.4. The van der Waals surface area contributed by atoms with Crippen molar-refractivity contribution in [2.24, 2.45) is 12.2 Å². The molecule has 0 unspecified atom stereocenters. The number of nitrogens with zero attached hydrogens (tertiary/aromatic N) is 7. The van der Waals surface area contributed by atoms with Crippen LogP contribution in [0.4, 0.5) is 5.13 Å². The number of anilines is 1. The van der Waals surface area contributed by atoms with Crippen LogP contribution in [0.5, 0.6) is 0 Å². The zero-order valence-electron chi connectivity index (χ0n) is 21.2. The number of oxime groups is 1. The number of nitrogens with one attached hydrogen (secondary N) is 1. The van der Waals surface area contributed by atoms with E-state index < -0.39 is 51.5 Å². The molecule has 40 heavy (non-hydrogen) atoms. The maximum absolute atomic E-state index is 13.2. The zero-order valence-corrected chi connectivity index (χ0v) is 22.8. The van der Waals surface area contributed by atoms with Crippen LogP contribution in [0.15, 0.2) is 41.3 Å². The first-order valence-corrected chi connectivity index (χ1v) is 13.6. The number of carboxylic acids is 1. The minimum Gasteiger partial charge on any atom is -0.478 e. The molecule has 0 bridgehead atoms. The van der Waals surface area contributed by atoms with Crippen LogP contribution < -0.4 is 15.6 Å². The van der Waals surface area contributed by atoms with Gasteiger partial charge in [0, 0.05) is 23.1 Å². The van der Waals surface area contributed by atoms with Gasteiger partial charge in [-0.15, -0.1) is 16.4 Å². The molecule has 4 rings (SSSR count). The summed E-state index contributed by atoms with van der Waals surface area (Å²) in [5.41, 5.74) is 4.41. The molecular weight excluding hydrogens is 570 g/mol. The summed E-state index contributed by atoms with van der Waals surface area (Å²) in [5, 5.41) is 24.7. The lowest BCUT2D eigenvalue weighted by Crippen LogP contribution is -2.73. The molecular formula is C21H24N9O8S2+. The Kier molecular flexibility index (Phi) is 7.55. The molecule has 3 aromatic heterocycles. The molecule has 1 aliphatic heterocycles. The number of amides is 2. The number of nitrogens with two attached hydrogens (primary N) is 1. The topological polar surface area (TPSA) is 236 Å². The van der Waals surface area contributed by atoms with E-state index in [0.29, 0.717) is 5.69 Å². The SMILES string of the molecule is C[n+]1ccc(-c2cn(C[C@@H]3[C@H](NC(=O)C(=NOC(C)(C)C(=O)O)c4csc(N)n4)C(=O)N3S(=O)(=O)O)nn2)cc1. The van der Waals surface area contributed by atoms with Gasteiger partial charge < -0.3 is 21.0 Å². The van der Waals surface area contributed by atoms with Gasteiger partial charge in [-0.1, -0.05) is 10.4 Å². The predicted octanol–water partition coefficient (Wildman–Crippen LogP) is -1.41. The molecule has 1 saturated heterocycles. The minimum absolute atomic E-state index is 0.0669. The molecule has 3 aromatic rings. The van der Waals surface area contributed by atoms with Crippen LogP contribution in [0, 0.1) is 0 Å². The summed E-state index contributed by atoms with van der Waals surface area (Å²) in [5.74, 6) is -3.54. The minimum atomic E-state index is -4.99. The van der Waals surface area contributed by atoms with Crippen molar-refractivity contribution in [1.29, 1.82) is 0 Å². The van der Waals surface area contributed by atoms with E-state index >= 15 is 0 Å². The first kappa shape index (κ1) is 28.5. The summed E-state index contributed by atoms with van der Waals surface area (Å²) in [4.78, 5) is 46.3. The number of pyridine rings is 1. The molecule has 1 fully saturated rings. The van der Waals surface area contributed by atoms with Crippen molar-refractivity contribution in [2.75, 3.05) is 5.73 Å². The van der Waals surface area contributed by atoms with Crippen molar-refractivity contribution in [3.05, 3.63) is 41.8 Å². The fraction of sp³-hybridized carbons (Fsp3) is 0.333. The number of aromatic nitrogens is 5. The number of carbonyl (C=O) groups is 3. The average molecular weight is 595 g/mol. The van der Waals surface area contributed by atoms with Gasteiger partial charge in [0.25, 0.3) is 11.8 Å². The number of thiazole rings is 1. The number of aryl methyl sites for hydroxylation is 1. The monoisotopic (exact) mass is 594 g/mol. The molecule has 0 saturated carbocycles. The van der Waals surface area contributed by atoms with Crippen LogP contribution in [-0.4, -0.2) is 83.5 Å². The lowest BCUT2D eigenvalue weighted by Gasteiger charge is -2.43. The number of β-lactam (4-membered cyclic amide) rings is 1. The van der Waals surface area contributed by atoms with Crippen LogP contribution in [0.2, 0.25) is 0 Å². The Morgan fingerprint density at radius 1 is 1.32 bits per heavy atom. The van der Waals surface area contributed by atoms with Crippen molar-refractivity contribution >= 4 is 50.3 Å². The third-order valence-electron chi connectivity index (χ3n) is 5.75. The van der Waals surface area contributed by atoms with Crippen LogP contribution in [0.3, 0.4) is 0 Å².